The molecule has 3 N–H and O–H groups in total. The Bertz CT molecular complexity index is 719. The fraction of sp³-hybridized carbons (Fsp3) is 0.312. The van der Waals surface area contributed by atoms with E-state index >= 15 is 0 Å². The van der Waals surface area contributed by atoms with Crippen LogP contribution in [0.15, 0.2) is 47.5 Å². The molecule has 0 aliphatic rings. The molecule has 0 saturated carbocycles. The molecular weight excluding hydrogens is 352 g/mol. The Kier molecular flexibility index (Phi) is 8.14. The van der Waals surface area contributed by atoms with Crippen LogP contribution in [0.1, 0.15) is 18.9 Å². The summed E-state index contributed by atoms with van der Waals surface area (Å²) in [5.41, 5.74) is 6.64. The highest BCUT2D eigenvalue weighted by Gasteiger charge is 2.06. The summed E-state index contributed by atoms with van der Waals surface area (Å²) in [4.78, 5) is 3.82. The number of benzene rings is 1. The van der Waals surface area contributed by atoms with Crippen molar-refractivity contribution in [3.63, 3.8) is 0 Å². The normalized spacial score (nSPS) is 12.0. The molecule has 0 aliphatic heterocycles. The lowest BCUT2D eigenvalue weighted by atomic mass is 10.2. The molecule has 0 aliphatic carbocycles. The summed E-state index contributed by atoms with van der Waals surface area (Å²) in [5, 5.41) is 0.465. The SMILES string of the molecule is CC[C@H](N)COc1ccc(Cl)nc1.Cc1ccc(S(=O)(=O)O)cc1. The van der Waals surface area contributed by atoms with Crippen LogP contribution >= 0.6 is 11.6 Å². The van der Waals surface area contributed by atoms with E-state index in [1.54, 1.807) is 30.5 Å². The van der Waals surface area contributed by atoms with Crippen molar-refractivity contribution < 1.29 is 17.7 Å². The van der Waals surface area contributed by atoms with Gasteiger partial charge in [0.25, 0.3) is 10.1 Å². The van der Waals surface area contributed by atoms with Gasteiger partial charge in [-0.2, -0.15) is 8.42 Å². The van der Waals surface area contributed by atoms with E-state index in [2.05, 4.69) is 4.98 Å². The summed E-state index contributed by atoms with van der Waals surface area (Å²) < 4.78 is 34.9. The van der Waals surface area contributed by atoms with E-state index in [0.29, 0.717) is 17.5 Å². The van der Waals surface area contributed by atoms with E-state index < -0.39 is 10.1 Å². The third-order valence-electron chi connectivity index (χ3n) is 3.01. The molecule has 1 atom stereocenters. The molecule has 1 aromatic carbocycles. The average molecular weight is 373 g/mol. The molecule has 1 aromatic heterocycles. The van der Waals surface area contributed by atoms with Gasteiger partial charge in [-0.25, -0.2) is 4.98 Å². The van der Waals surface area contributed by atoms with Crippen molar-refractivity contribution in [2.45, 2.75) is 31.2 Å². The molecular formula is C16H21ClN2O4S. The lowest BCUT2D eigenvalue weighted by Crippen LogP contribution is -2.26. The molecule has 0 amide bonds. The predicted molar refractivity (Wildman–Crippen MR) is 94.0 cm³/mol. The Morgan fingerprint density at radius 3 is 2.33 bits per heavy atom. The fourth-order valence-electron chi connectivity index (χ4n) is 1.48. The minimum Gasteiger partial charge on any atom is -0.490 e. The first-order chi connectivity index (χ1) is 11.2. The van der Waals surface area contributed by atoms with E-state index in [4.69, 9.17) is 26.6 Å². The number of aromatic nitrogens is 1. The molecule has 1 heterocycles. The summed E-state index contributed by atoms with van der Waals surface area (Å²) in [5.74, 6) is 0.702. The summed E-state index contributed by atoms with van der Waals surface area (Å²) in [6.45, 7) is 4.38. The molecule has 6 nitrogen and oxygen atoms in total. The maximum atomic E-state index is 10.5. The smallest absolute Gasteiger partial charge is 0.294 e. The van der Waals surface area contributed by atoms with E-state index in [0.717, 1.165) is 12.0 Å². The quantitative estimate of drug-likeness (QED) is 0.617. The van der Waals surface area contributed by atoms with Crippen LogP contribution in [-0.2, 0) is 10.1 Å². The molecule has 0 spiro atoms. The standard InChI is InChI=1S/C9H13ClN2O.C7H8O3S/c1-2-7(11)6-13-8-3-4-9(10)12-5-8;1-6-2-4-7(5-3-6)11(8,9)10/h3-5,7H,2,6,11H2,1H3;2-5H,1H3,(H,8,9,10)/t7-;/m0./s1. The van der Waals surface area contributed by atoms with Crippen LogP contribution < -0.4 is 10.5 Å². The highest BCUT2D eigenvalue weighted by Crippen LogP contribution is 2.12. The number of hydrogen-bond acceptors (Lipinski definition) is 5. The van der Waals surface area contributed by atoms with Gasteiger partial charge in [0, 0.05) is 6.04 Å². The molecule has 0 bridgehead atoms. The first-order valence-corrected chi connectivity index (χ1v) is 9.08. The first-order valence-electron chi connectivity index (χ1n) is 7.26. The largest absolute Gasteiger partial charge is 0.490 e. The van der Waals surface area contributed by atoms with Crippen molar-refractivity contribution in [2.75, 3.05) is 6.61 Å². The second kappa shape index (κ2) is 9.58. The Morgan fingerprint density at radius 2 is 1.88 bits per heavy atom. The minimum absolute atomic E-state index is 0.0666. The van der Waals surface area contributed by atoms with Crippen LogP contribution in [0.25, 0.3) is 0 Å². The number of pyridine rings is 1. The van der Waals surface area contributed by atoms with Gasteiger partial charge in [0.2, 0.25) is 0 Å². The van der Waals surface area contributed by atoms with Crippen LogP contribution in [-0.4, -0.2) is 30.6 Å². The topological polar surface area (TPSA) is 103 Å². The van der Waals surface area contributed by atoms with Crippen LogP contribution in [0, 0.1) is 6.92 Å². The average Bonchev–Trinajstić information content (AvgIpc) is 2.54. The Labute approximate surface area is 147 Å². The number of nitrogens with zero attached hydrogens (tertiary/aromatic N) is 1. The fourth-order valence-corrected chi connectivity index (χ4v) is 2.07. The van der Waals surface area contributed by atoms with Gasteiger partial charge in [0.1, 0.15) is 17.5 Å². The first kappa shape index (κ1) is 20.4. The van der Waals surface area contributed by atoms with Gasteiger partial charge in [-0.3, -0.25) is 4.55 Å². The molecule has 2 rings (SSSR count). The van der Waals surface area contributed by atoms with Crippen molar-refractivity contribution >= 4 is 21.7 Å². The van der Waals surface area contributed by atoms with Crippen molar-refractivity contribution in [3.8, 4) is 5.75 Å². The third-order valence-corrected chi connectivity index (χ3v) is 4.10. The maximum absolute atomic E-state index is 10.5. The van der Waals surface area contributed by atoms with Gasteiger partial charge in [-0.05, 0) is 37.6 Å². The molecule has 2 aromatic rings. The maximum Gasteiger partial charge on any atom is 0.294 e. The third kappa shape index (κ3) is 7.74. The minimum atomic E-state index is -4.02. The summed E-state index contributed by atoms with van der Waals surface area (Å²) in [6, 6.07) is 9.53. The van der Waals surface area contributed by atoms with E-state index in [-0.39, 0.29) is 10.9 Å². The molecule has 0 fully saturated rings. The molecule has 0 unspecified atom stereocenters. The van der Waals surface area contributed by atoms with Gasteiger partial charge in [-0.15, -0.1) is 0 Å². The van der Waals surface area contributed by atoms with Gasteiger partial charge in [0.05, 0.1) is 11.1 Å². The molecule has 132 valence electrons. The zero-order valence-corrected chi connectivity index (χ0v) is 15.1. The van der Waals surface area contributed by atoms with Gasteiger partial charge < -0.3 is 10.5 Å². The van der Waals surface area contributed by atoms with Crippen molar-refractivity contribution in [2.24, 2.45) is 5.73 Å². The second-order valence-electron chi connectivity index (χ2n) is 5.08. The number of hydrogen-bond donors (Lipinski definition) is 2. The Morgan fingerprint density at radius 1 is 1.25 bits per heavy atom. The van der Waals surface area contributed by atoms with E-state index in [9.17, 15) is 8.42 Å². The number of halogens is 1. The Balaban J connectivity index is 0.000000243. The predicted octanol–water partition coefficient (Wildman–Crippen LogP) is 3.09. The lowest BCUT2D eigenvalue weighted by Gasteiger charge is -2.10. The molecule has 8 heteroatoms. The molecule has 24 heavy (non-hydrogen) atoms. The summed E-state index contributed by atoms with van der Waals surface area (Å²) >= 11 is 5.61. The van der Waals surface area contributed by atoms with Crippen molar-refractivity contribution in [1.82, 2.24) is 4.98 Å². The van der Waals surface area contributed by atoms with Gasteiger partial charge in [0.15, 0.2) is 0 Å². The zero-order valence-electron chi connectivity index (χ0n) is 13.5. The van der Waals surface area contributed by atoms with E-state index in [1.807, 2.05) is 13.8 Å². The summed E-state index contributed by atoms with van der Waals surface area (Å²) in [6.07, 6.45) is 2.49. The lowest BCUT2D eigenvalue weighted by molar-refractivity contribution is 0.284. The van der Waals surface area contributed by atoms with Crippen LogP contribution in [0.2, 0.25) is 5.15 Å². The Hall–Kier alpha value is -1.67. The highest BCUT2D eigenvalue weighted by molar-refractivity contribution is 7.85. The van der Waals surface area contributed by atoms with Crippen LogP contribution in [0.3, 0.4) is 0 Å². The van der Waals surface area contributed by atoms with E-state index in [1.165, 1.54) is 12.1 Å². The highest BCUT2D eigenvalue weighted by atomic mass is 35.5. The van der Waals surface area contributed by atoms with Gasteiger partial charge >= 0.3 is 0 Å². The zero-order chi connectivity index (χ0) is 18.2. The van der Waals surface area contributed by atoms with Crippen LogP contribution in [0.5, 0.6) is 5.75 Å². The number of aryl methyl sites for hydroxylation is 1. The van der Waals surface area contributed by atoms with Crippen LogP contribution in [0.4, 0.5) is 0 Å². The summed E-state index contributed by atoms with van der Waals surface area (Å²) in [7, 11) is -4.02. The number of ether oxygens (including phenoxy) is 1. The second-order valence-corrected chi connectivity index (χ2v) is 6.89. The van der Waals surface area contributed by atoms with Crippen molar-refractivity contribution in [1.29, 1.82) is 0 Å². The molecule has 0 radical (unpaired) electrons. The monoisotopic (exact) mass is 372 g/mol. The number of nitrogens with two attached hydrogens (primary N) is 1. The number of rotatable bonds is 5. The van der Waals surface area contributed by atoms with Gasteiger partial charge in [-0.1, -0.05) is 36.2 Å². The molecule has 0 saturated heterocycles. The van der Waals surface area contributed by atoms with Crippen molar-refractivity contribution in [3.05, 3.63) is 53.3 Å².